The van der Waals surface area contributed by atoms with Crippen molar-refractivity contribution in [1.29, 1.82) is 0 Å². The first kappa shape index (κ1) is 8.53. The van der Waals surface area contributed by atoms with Crippen molar-refractivity contribution in [2.24, 2.45) is 17.4 Å². The fourth-order valence-electron chi connectivity index (χ4n) is 1.80. The van der Waals surface area contributed by atoms with Gasteiger partial charge in [-0.1, -0.05) is 6.42 Å². The molecule has 1 aliphatic carbocycles. The quantitative estimate of drug-likeness (QED) is 0.606. The zero-order chi connectivity index (χ0) is 8.27. The molecule has 0 aromatic heterocycles. The van der Waals surface area contributed by atoms with Gasteiger partial charge in [0.15, 0.2) is 0 Å². The summed E-state index contributed by atoms with van der Waals surface area (Å²) in [6.07, 6.45) is 4.88. The maximum absolute atomic E-state index is 10.6. The van der Waals surface area contributed by atoms with Gasteiger partial charge >= 0.3 is 0 Å². The van der Waals surface area contributed by atoms with E-state index in [0.717, 1.165) is 25.7 Å². The van der Waals surface area contributed by atoms with Crippen molar-refractivity contribution in [1.82, 2.24) is 0 Å². The summed E-state index contributed by atoms with van der Waals surface area (Å²) in [4.78, 5) is 10.6. The van der Waals surface area contributed by atoms with Gasteiger partial charge in [-0.3, -0.25) is 4.79 Å². The summed E-state index contributed by atoms with van der Waals surface area (Å²) in [5.74, 6) is 0.264. The number of nitrogens with two attached hydrogens (primary N) is 2. The van der Waals surface area contributed by atoms with E-state index >= 15 is 0 Å². The molecular weight excluding hydrogens is 140 g/mol. The van der Waals surface area contributed by atoms with Crippen molar-refractivity contribution < 1.29 is 4.79 Å². The van der Waals surface area contributed by atoms with Gasteiger partial charge in [-0.05, 0) is 25.2 Å². The summed E-state index contributed by atoms with van der Waals surface area (Å²) >= 11 is 0. The van der Waals surface area contributed by atoms with E-state index < -0.39 is 0 Å². The minimum absolute atomic E-state index is 0.191. The Kier molecular flexibility index (Phi) is 2.88. The molecule has 2 unspecified atom stereocenters. The average molecular weight is 156 g/mol. The number of hydrogen-bond acceptors (Lipinski definition) is 2. The molecule has 0 spiro atoms. The fraction of sp³-hybridized carbons (Fsp3) is 0.875. The van der Waals surface area contributed by atoms with Gasteiger partial charge < -0.3 is 11.5 Å². The van der Waals surface area contributed by atoms with Crippen LogP contribution in [0.4, 0.5) is 0 Å². The summed E-state index contributed by atoms with van der Waals surface area (Å²) < 4.78 is 0. The highest BCUT2D eigenvalue weighted by molar-refractivity contribution is 5.73. The van der Waals surface area contributed by atoms with Crippen molar-refractivity contribution in [3.63, 3.8) is 0 Å². The summed E-state index contributed by atoms with van der Waals surface area (Å²) in [5.41, 5.74) is 10.8. The van der Waals surface area contributed by atoms with E-state index in [1.165, 1.54) is 0 Å². The number of carbonyl (C=O) groups is 1. The van der Waals surface area contributed by atoms with Crippen LogP contribution in [0.1, 0.15) is 32.1 Å². The molecule has 1 aliphatic rings. The van der Waals surface area contributed by atoms with Gasteiger partial charge in [0, 0.05) is 12.5 Å². The van der Waals surface area contributed by atoms with Crippen LogP contribution in [0.3, 0.4) is 0 Å². The van der Waals surface area contributed by atoms with Crippen molar-refractivity contribution in [2.45, 2.75) is 38.1 Å². The zero-order valence-corrected chi connectivity index (χ0v) is 6.75. The number of rotatable bonds is 2. The van der Waals surface area contributed by atoms with Crippen molar-refractivity contribution in [3.8, 4) is 0 Å². The monoisotopic (exact) mass is 156 g/mol. The number of amides is 1. The second kappa shape index (κ2) is 3.72. The van der Waals surface area contributed by atoms with E-state index in [-0.39, 0.29) is 5.91 Å². The predicted octanol–water partition coefficient (Wildman–Crippen LogP) is 0.379. The Morgan fingerprint density at radius 1 is 1.45 bits per heavy atom. The molecule has 64 valence electrons. The van der Waals surface area contributed by atoms with Crippen LogP contribution < -0.4 is 11.5 Å². The third-order valence-electron chi connectivity index (χ3n) is 2.31. The molecule has 11 heavy (non-hydrogen) atoms. The average Bonchev–Trinajstić information content (AvgIpc) is 1.85. The highest BCUT2D eigenvalue weighted by Gasteiger charge is 2.20. The second-order valence-corrected chi connectivity index (χ2v) is 3.46. The molecule has 0 bridgehead atoms. The van der Waals surface area contributed by atoms with Gasteiger partial charge in [0.1, 0.15) is 0 Å². The predicted molar refractivity (Wildman–Crippen MR) is 43.7 cm³/mol. The van der Waals surface area contributed by atoms with Crippen LogP contribution in [-0.4, -0.2) is 11.9 Å². The van der Waals surface area contributed by atoms with E-state index in [0.29, 0.717) is 18.4 Å². The standard InChI is InChI=1S/C8H16N2O/c9-7-3-1-2-6(4-7)5-8(10)11/h6-7H,1-5,9H2,(H2,10,11). The molecule has 1 rings (SSSR count). The van der Waals surface area contributed by atoms with E-state index in [4.69, 9.17) is 11.5 Å². The van der Waals surface area contributed by atoms with Gasteiger partial charge in [0.25, 0.3) is 0 Å². The third-order valence-corrected chi connectivity index (χ3v) is 2.31. The molecule has 1 saturated carbocycles. The first-order valence-corrected chi connectivity index (χ1v) is 4.22. The van der Waals surface area contributed by atoms with Gasteiger partial charge in [-0.2, -0.15) is 0 Å². The van der Waals surface area contributed by atoms with Crippen molar-refractivity contribution >= 4 is 5.91 Å². The first-order valence-electron chi connectivity index (χ1n) is 4.22. The van der Waals surface area contributed by atoms with Crippen LogP contribution in [0, 0.1) is 5.92 Å². The molecular formula is C8H16N2O. The molecule has 1 fully saturated rings. The second-order valence-electron chi connectivity index (χ2n) is 3.46. The Morgan fingerprint density at radius 3 is 2.73 bits per heavy atom. The summed E-state index contributed by atoms with van der Waals surface area (Å²) in [6.45, 7) is 0. The zero-order valence-electron chi connectivity index (χ0n) is 6.75. The van der Waals surface area contributed by atoms with Gasteiger partial charge in [0.05, 0.1) is 0 Å². The van der Waals surface area contributed by atoms with Gasteiger partial charge in [-0.25, -0.2) is 0 Å². The SMILES string of the molecule is NC(=O)CC1CCCC(N)C1. The van der Waals surface area contributed by atoms with E-state index in [1.807, 2.05) is 0 Å². The minimum Gasteiger partial charge on any atom is -0.370 e. The van der Waals surface area contributed by atoms with Crippen LogP contribution in [0.2, 0.25) is 0 Å². The third kappa shape index (κ3) is 2.89. The number of carbonyl (C=O) groups excluding carboxylic acids is 1. The molecule has 1 amide bonds. The molecule has 0 heterocycles. The lowest BCUT2D eigenvalue weighted by molar-refractivity contribution is -0.119. The molecule has 0 saturated heterocycles. The lowest BCUT2D eigenvalue weighted by Gasteiger charge is -2.25. The van der Waals surface area contributed by atoms with E-state index in [2.05, 4.69) is 0 Å². The van der Waals surface area contributed by atoms with Crippen molar-refractivity contribution in [2.75, 3.05) is 0 Å². The number of hydrogen-bond donors (Lipinski definition) is 2. The van der Waals surface area contributed by atoms with Crippen LogP contribution in [0.25, 0.3) is 0 Å². The molecule has 0 aliphatic heterocycles. The topological polar surface area (TPSA) is 69.1 Å². The summed E-state index contributed by atoms with van der Waals surface area (Å²) in [6, 6.07) is 0.299. The molecule has 3 nitrogen and oxygen atoms in total. The lowest BCUT2D eigenvalue weighted by Crippen LogP contribution is -2.30. The molecule has 4 N–H and O–H groups in total. The Hall–Kier alpha value is -0.570. The highest BCUT2D eigenvalue weighted by Crippen LogP contribution is 2.25. The largest absolute Gasteiger partial charge is 0.370 e. The minimum atomic E-state index is -0.191. The molecule has 0 aromatic rings. The lowest BCUT2D eigenvalue weighted by atomic mass is 9.84. The molecule has 0 aromatic carbocycles. The summed E-state index contributed by atoms with van der Waals surface area (Å²) in [5, 5.41) is 0. The highest BCUT2D eigenvalue weighted by atomic mass is 16.1. The van der Waals surface area contributed by atoms with Gasteiger partial charge in [-0.15, -0.1) is 0 Å². The first-order chi connectivity index (χ1) is 5.18. The van der Waals surface area contributed by atoms with Crippen LogP contribution >= 0.6 is 0 Å². The van der Waals surface area contributed by atoms with Gasteiger partial charge in [0.2, 0.25) is 5.91 Å². The Bertz CT molecular complexity index is 147. The van der Waals surface area contributed by atoms with E-state index in [1.54, 1.807) is 0 Å². The fourth-order valence-corrected chi connectivity index (χ4v) is 1.80. The number of primary amides is 1. The summed E-state index contributed by atoms with van der Waals surface area (Å²) in [7, 11) is 0. The normalized spacial score (nSPS) is 31.7. The maximum Gasteiger partial charge on any atom is 0.217 e. The smallest absolute Gasteiger partial charge is 0.217 e. The molecule has 3 heteroatoms. The van der Waals surface area contributed by atoms with Crippen molar-refractivity contribution in [3.05, 3.63) is 0 Å². The van der Waals surface area contributed by atoms with Crippen LogP contribution in [0.15, 0.2) is 0 Å². The maximum atomic E-state index is 10.6. The Balaban J connectivity index is 2.28. The van der Waals surface area contributed by atoms with Crippen LogP contribution in [0.5, 0.6) is 0 Å². The molecule has 0 radical (unpaired) electrons. The van der Waals surface area contributed by atoms with Crippen LogP contribution in [-0.2, 0) is 4.79 Å². The Morgan fingerprint density at radius 2 is 2.18 bits per heavy atom. The Labute approximate surface area is 67.1 Å². The molecule has 2 atom stereocenters. The van der Waals surface area contributed by atoms with E-state index in [9.17, 15) is 4.79 Å².